The van der Waals surface area contributed by atoms with Gasteiger partial charge in [0.25, 0.3) is 11.8 Å². The van der Waals surface area contributed by atoms with Gasteiger partial charge in [-0.05, 0) is 63.1 Å². The van der Waals surface area contributed by atoms with Crippen LogP contribution in [0.2, 0.25) is 0 Å². The first-order chi connectivity index (χ1) is 14.2. The molecule has 0 saturated carbocycles. The highest BCUT2D eigenvalue weighted by Gasteiger charge is 2.19. The Kier molecular flexibility index (Phi) is 5.98. The van der Waals surface area contributed by atoms with Crippen molar-refractivity contribution in [2.24, 2.45) is 0 Å². The number of amides is 2. The van der Waals surface area contributed by atoms with E-state index in [9.17, 15) is 14.4 Å². The zero-order valence-electron chi connectivity index (χ0n) is 17.0. The molecule has 30 heavy (non-hydrogen) atoms. The number of hydrogen-bond donors (Lipinski definition) is 3. The number of anilines is 2. The Morgan fingerprint density at radius 2 is 1.43 bits per heavy atom. The maximum Gasteiger partial charge on any atom is 0.335 e. The van der Waals surface area contributed by atoms with Gasteiger partial charge in [0, 0.05) is 11.3 Å². The average molecular weight is 423 g/mol. The van der Waals surface area contributed by atoms with E-state index in [4.69, 9.17) is 5.11 Å². The molecular formula is C22H21N3O4S. The van der Waals surface area contributed by atoms with Crippen LogP contribution < -0.4 is 10.6 Å². The summed E-state index contributed by atoms with van der Waals surface area (Å²) in [4.78, 5) is 40.8. The molecule has 8 heteroatoms. The van der Waals surface area contributed by atoms with Crippen LogP contribution in [0.5, 0.6) is 0 Å². The molecule has 3 N–H and O–H groups in total. The number of rotatable bonds is 5. The van der Waals surface area contributed by atoms with Gasteiger partial charge in [-0.3, -0.25) is 14.9 Å². The van der Waals surface area contributed by atoms with Gasteiger partial charge in [-0.2, -0.15) is 0 Å². The summed E-state index contributed by atoms with van der Waals surface area (Å²) in [7, 11) is 0. The molecule has 0 radical (unpaired) electrons. The number of benzene rings is 2. The van der Waals surface area contributed by atoms with Crippen molar-refractivity contribution in [2.75, 3.05) is 10.6 Å². The molecule has 0 aliphatic heterocycles. The van der Waals surface area contributed by atoms with E-state index in [0.717, 1.165) is 33.7 Å². The predicted octanol–water partition coefficient (Wildman–Crippen LogP) is 4.58. The molecule has 3 rings (SSSR count). The fourth-order valence-corrected chi connectivity index (χ4v) is 4.00. The fourth-order valence-electron chi connectivity index (χ4n) is 3.14. The van der Waals surface area contributed by atoms with Crippen molar-refractivity contribution in [3.63, 3.8) is 0 Å². The summed E-state index contributed by atoms with van der Waals surface area (Å²) in [6.45, 7) is 7.59. The number of carboxylic acids is 1. The molecule has 1 aromatic heterocycles. The first kappa shape index (κ1) is 21.2. The Labute approximate surface area is 177 Å². The van der Waals surface area contributed by atoms with Crippen LogP contribution in [0.15, 0.2) is 36.4 Å². The van der Waals surface area contributed by atoms with E-state index in [2.05, 4.69) is 15.6 Å². The lowest BCUT2D eigenvalue weighted by Gasteiger charge is -2.12. The molecule has 0 bridgehead atoms. The van der Waals surface area contributed by atoms with Crippen LogP contribution in [-0.4, -0.2) is 27.9 Å². The van der Waals surface area contributed by atoms with Gasteiger partial charge in [0.05, 0.1) is 11.3 Å². The SMILES string of the molecule is Cc1cc(C)c(NC(=O)c2sc(NC(=O)c3ccc(C(=O)O)cc3)nc2C)c(C)c1. The van der Waals surface area contributed by atoms with Crippen LogP contribution in [0.25, 0.3) is 0 Å². The highest BCUT2D eigenvalue weighted by atomic mass is 32.1. The van der Waals surface area contributed by atoms with Crippen molar-refractivity contribution in [2.45, 2.75) is 27.7 Å². The second-order valence-electron chi connectivity index (χ2n) is 7.00. The summed E-state index contributed by atoms with van der Waals surface area (Å²) in [6.07, 6.45) is 0. The van der Waals surface area contributed by atoms with Gasteiger partial charge >= 0.3 is 5.97 Å². The minimum absolute atomic E-state index is 0.0947. The van der Waals surface area contributed by atoms with Gasteiger partial charge in [0.15, 0.2) is 5.13 Å². The molecule has 0 atom stereocenters. The van der Waals surface area contributed by atoms with E-state index in [1.54, 1.807) is 6.92 Å². The number of carbonyl (C=O) groups is 3. The number of carboxylic acid groups (broad SMARTS) is 1. The number of carbonyl (C=O) groups excluding carboxylic acids is 2. The Balaban J connectivity index is 1.75. The quantitative estimate of drug-likeness (QED) is 0.557. The van der Waals surface area contributed by atoms with Gasteiger partial charge < -0.3 is 10.4 Å². The van der Waals surface area contributed by atoms with Crippen molar-refractivity contribution in [1.82, 2.24) is 4.98 Å². The topological polar surface area (TPSA) is 108 Å². The number of hydrogen-bond acceptors (Lipinski definition) is 5. The molecule has 2 amide bonds. The van der Waals surface area contributed by atoms with Gasteiger partial charge in [-0.15, -0.1) is 0 Å². The average Bonchev–Trinajstić information content (AvgIpc) is 3.04. The Hall–Kier alpha value is -3.52. The summed E-state index contributed by atoms with van der Waals surface area (Å²) < 4.78 is 0. The molecule has 1 heterocycles. The summed E-state index contributed by atoms with van der Waals surface area (Å²) in [5, 5.41) is 14.8. The molecule has 0 aliphatic rings. The summed E-state index contributed by atoms with van der Waals surface area (Å²) in [6, 6.07) is 9.57. The maximum atomic E-state index is 12.8. The van der Waals surface area contributed by atoms with Gasteiger partial charge in [-0.25, -0.2) is 9.78 Å². The van der Waals surface area contributed by atoms with Crippen LogP contribution in [0.3, 0.4) is 0 Å². The van der Waals surface area contributed by atoms with E-state index in [-0.39, 0.29) is 11.5 Å². The third kappa shape index (κ3) is 4.55. The van der Waals surface area contributed by atoms with Crippen molar-refractivity contribution < 1.29 is 19.5 Å². The zero-order valence-corrected chi connectivity index (χ0v) is 17.8. The van der Waals surface area contributed by atoms with E-state index in [1.807, 2.05) is 32.9 Å². The number of nitrogens with one attached hydrogen (secondary N) is 2. The highest BCUT2D eigenvalue weighted by molar-refractivity contribution is 7.17. The second-order valence-corrected chi connectivity index (χ2v) is 8.00. The third-order valence-electron chi connectivity index (χ3n) is 4.53. The van der Waals surface area contributed by atoms with E-state index in [1.165, 1.54) is 24.3 Å². The molecule has 0 fully saturated rings. The molecular weight excluding hydrogens is 402 g/mol. The Morgan fingerprint density at radius 1 is 0.867 bits per heavy atom. The van der Waals surface area contributed by atoms with Gasteiger partial charge in [0.2, 0.25) is 0 Å². The number of aromatic carboxylic acids is 1. The Morgan fingerprint density at radius 3 is 2.00 bits per heavy atom. The van der Waals surface area contributed by atoms with E-state index < -0.39 is 11.9 Å². The van der Waals surface area contributed by atoms with Crippen LogP contribution >= 0.6 is 11.3 Å². The molecule has 154 valence electrons. The van der Waals surface area contributed by atoms with Gasteiger partial charge in [0.1, 0.15) is 4.88 Å². The second kappa shape index (κ2) is 8.46. The minimum atomic E-state index is -1.06. The lowest BCUT2D eigenvalue weighted by molar-refractivity contribution is 0.0696. The van der Waals surface area contributed by atoms with E-state index >= 15 is 0 Å². The fraction of sp³-hybridized carbons (Fsp3) is 0.182. The van der Waals surface area contributed by atoms with Crippen molar-refractivity contribution in [1.29, 1.82) is 0 Å². The van der Waals surface area contributed by atoms with Crippen LogP contribution in [0.1, 0.15) is 52.8 Å². The normalized spacial score (nSPS) is 10.5. The molecule has 0 unspecified atom stereocenters. The molecule has 0 spiro atoms. The standard InChI is InChI=1S/C22H21N3O4S/c1-11-9-12(2)17(13(3)10-11)24-20(27)18-14(4)23-22(30-18)25-19(26)15-5-7-16(8-6-15)21(28)29/h5-10H,1-4H3,(H,24,27)(H,28,29)(H,23,25,26). The van der Waals surface area contributed by atoms with E-state index in [0.29, 0.717) is 21.3 Å². The highest BCUT2D eigenvalue weighted by Crippen LogP contribution is 2.27. The van der Waals surface area contributed by atoms with Crippen molar-refractivity contribution in [3.05, 3.63) is 74.8 Å². The number of thiazole rings is 1. The summed E-state index contributed by atoms with van der Waals surface area (Å²) >= 11 is 1.08. The lowest BCUT2D eigenvalue weighted by atomic mass is 10.1. The van der Waals surface area contributed by atoms with Gasteiger partial charge in [-0.1, -0.05) is 29.0 Å². The van der Waals surface area contributed by atoms with Crippen molar-refractivity contribution >= 4 is 39.9 Å². The largest absolute Gasteiger partial charge is 0.478 e. The minimum Gasteiger partial charge on any atom is -0.478 e. The number of aromatic nitrogens is 1. The Bertz CT molecular complexity index is 1130. The third-order valence-corrected chi connectivity index (χ3v) is 5.60. The van der Waals surface area contributed by atoms with Crippen LogP contribution in [0, 0.1) is 27.7 Å². The van der Waals surface area contributed by atoms with Crippen LogP contribution in [-0.2, 0) is 0 Å². The molecule has 7 nitrogen and oxygen atoms in total. The van der Waals surface area contributed by atoms with Crippen LogP contribution in [0.4, 0.5) is 10.8 Å². The lowest BCUT2D eigenvalue weighted by Crippen LogP contribution is -2.13. The summed E-state index contributed by atoms with van der Waals surface area (Å²) in [5.74, 6) is -1.78. The number of aryl methyl sites for hydroxylation is 4. The predicted molar refractivity (Wildman–Crippen MR) is 117 cm³/mol. The number of nitrogens with zero attached hydrogens (tertiary/aromatic N) is 1. The molecule has 0 aliphatic carbocycles. The smallest absolute Gasteiger partial charge is 0.335 e. The molecule has 0 saturated heterocycles. The zero-order chi connectivity index (χ0) is 22.0. The molecule has 2 aromatic carbocycles. The first-order valence-corrected chi connectivity index (χ1v) is 9.98. The van der Waals surface area contributed by atoms with Crippen molar-refractivity contribution in [3.8, 4) is 0 Å². The summed E-state index contributed by atoms with van der Waals surface area (Å²) in [5.41, 5.74) is 4.74. The molecule has 3 aromatic rings. The monoisotopic (exact) mass is 423 g/mol. The maximum absolute atomic E-state index is 12.8. The first-order valence-electron chi connectivity index (χ1n) is 9.17.